The van der Waals surface area contributed by atoms with Gasteiger partial charge in [-0.15, -0.1) is 0 Å². The van der Waals surface area contributed by atoms with Crippen molar-refractivity contribution >= 4 is 5.91 Å². The molecule has 0 saturated carbocycles. The Morgan fingerprint density at radius 3 is 2.76 bits per heavy atom. The topological polar surface area (TPSA) is 87.9 Å². The van der Waals surface area contributed by atoms with Crippen LogP contribution in [0.4, 0.5) is 0 Å². The Hall–Kier alpha value is -2.96. The average molecular weight is 337 g/mol. The molecule has 0 atom stereocenters. The number of aromatic nitrogens is 4. The van der Waals surface area contributed by atoms with E-state index in [9.17, 15) is 4.79 Å². The number of carbonyl (C=O) groups is 1. The fourth-order valence-electron chi connectivity index (χ4n) is 3.19. The van der Waals surface area contributed by atoms with Crippen LogP contribution >= 0.6 is 0 Å². The van der Waals surface area contributed by atoms with Gasteiger partial charge in [0.2, 0.25) is 0 Å². The average Bonchev–Trinajstić information content (AvgIpc) is 3.35. The molecule has 1 aliphatic rings. The zero-order valence-corrected chi connectivity index (χ0v) is 13.8. The van der Waals surface area contributed by atoms with Gasteiger partial charge in [0.15, 0.2) is 11.6 Å². The second kappa shape index (κ2) is 6.88. The number of piperidine rings is 1. The molecule has 128 valence electrons. The molecule has 25 heavy (non-hydrogen) atoms. The summed E-state index contributed by atoms with van der Waals surface area (Å²) in [6.45, 7) is 1.49. The maximum Gasteiger partial charge on any atom is 0.289 e. The first-order chi connectivity index (χ1) is 12.3. The lowest BCUT2D eigenvalue weighted by molar-refractivity contribution is 0.0658. The van der Waals surface area contributed by atoms with Gasteiger partial charge in [-0.25, -0.2) is 4.98 Å². The summed E-state index contributed by atoms with van der Waals surface area (Å²) < 4.78 is 5.20. The first kappa shape index (κ1) is 15.6. The summed E-state index contributed by atoms with van der Waals surface area (Å²) >= 11 is 0. The lowest BCUT2D eigenvalue weighted by Crippen LogP contribution is -2.38. The van der Waals surface area contributed by atoms with Crippen LogP contribution in [0.3, 0.4) is 0 Å². The van der Waals surface area contributed by atoms with E-state index >= 15 is 0 Å². The molecule has 7 nitrogen and oxygen atoms in total. The first-order valence-electron chi connectivity index (χ1n) is 8.44. The number of pyridine rings is 1. The third kappa shape index (κ3) is 3.45. The predicted molar refractivity (Wildman–Crippen MR) is 90.7 cm³/mol. The molecule has 1 aliphatic heterocycles. The summed E-state index contributed by atoms with van der Waals surface area (Å²) in [5, 5.41) is 7.32. The molecule has 4 rings (SSSR count). The second-order valence-electron chi connectivity index (χ2n) is 6.26. The van der Waals surface area contributed by atoms with Crippen molar-refractivity contribution in [3.05, 3.63) is 54.5 Å². The largest absolute Gasteiger partial charge is 0.459 e. The van der Waals surface area contributed by atoms with Crippen LogP contribution in [-0.2, 0) is 6.42 Å². The van der Waals surface area contributed by atoms with E-state index in [0.29, 0.717) is 17.5 Å². The molecular weight excluding hydrogens is 318 g/mol. The molecular formula is C18H19N5O2. The minimum absolute atomic E-state index is 0.0249. The number of nitrogens with zero attached hydrogens (tertiary/aromatic N) is 4. The molecule has 0 aromatic carbocycles. The fraction of sp³-hybridized carbons (Fsp3) is 0.333. The molecule has 0 unspecified atom stereocenters. The van der Waals surface area contributed by atoms with Crippen molar-refractivity contribution in [2.24, 2.45) is 5.92 Å². The van der Waals surface area contributed by atoms with E-state index in [0.717, 1.165) is 43.7 Å². The van der Waals surface area contributed by atoms with Crippen molar-refractivity contribution in [2.75, 3.05) is 13.1 Å². The smallest absolute Gasteiger partial charge is 0.289 e. The van der Waals surface area contributed by atoms with Crippen molar-refractivity contribution in [1.82, 2.24) is 25.1 Å². The molecule has 4 heterocycles. The van der Waals surface area contributed by atoms with Gasteiger partial charge in [0.05, 0.1) is 6.26 Å². The zero-order valence-electron chi connectivity index (χ0n) is 13.8. The third-order valence-electron chi connectivity index (χ3n) is 4.59. The van der Waals surface area contributed by atoms with E-state index in [1.54, 1.807) is 24.5 Å². The van der Waals surface area contributed by atoms with Gasteiger partial charge in [-0.1, -0.05) is 0 Å². The molecule has 0 bridgehead atoms. The quantitative estimate of drug-likeness (QED) is 0.790. The number of hydrogen-bond acceptors (Lipinski definition) is 5. The van der Waals surface area contributed by atoms with Crippen molar-refractivity contribution in [1.29, 1.82) is 0 Å². The molecule has 3 aromatic heterocycles. The number of furan rings is 1. The molecule has 0 spiro atoms. The Kier molecular flexibility index (Phi) is 4.28. The highest BCUT2D eigenvalue weighted by Crippen LogP contribution is 2.23. The molecule has 1 fully saturated rings. The Labute approximate surface area is 145 Å². The number of amides is 1. The highest BCUT2D eigenvalue weighted by atomic mass is 16.3. The SMILES string of the molecule is O=C(c1ccco1)N1CCC(Cc2nc(-c3ccncc3)n[nH]2)CC1. The van der Waals surface area contributed by atoms with Crippen LogP contribution in [0.5, 0.6) is 0 Å². The lowest BCUT2D eigenvalue weighted by atomic mass is 9.93. The van der Waals surface area contributed by atoms with E-state index < -0.39 is 0 Å². The maximum absolute atomic E-state index is 12.3. The van der Waals surface area contributed by atoms with Gasteiger partial charge in [-0.3, -0.25) is 14.9 Å². The number of likely N-dealkylation sites (tertiary alicyclic amines) is 1. The summed E-state index contributed by atoms with van der Waals surface area (Å²) in [6, 6.07) is 7.24. The maximum atomic E-state index is 12.3. The van der Waals surface area contributed by atoms with Crippen molar-refractivity contribution in [3.63, 3.8) is 0 Å². The highest BCUT2D eigenvalue weighted by molar-refractivity contribution is 5.91. The molecule has 3 aromatic rings. The monoisotopic (exact) mass is 337 g/mol. The molecule has 1 amide bonds. The first-order valence-corrected chi connectivity index (χ1v) is 8.44. The minimum atomic E-state index is -0.0249. The van der Waals surface area contributed by atoms with Crippen LogP contribution in [0.15, 0.2) is 47.3 Å². The second-order valence-corrected chi connectivity index (χ2v) is 6.26. The van der Waals surface area contributed by atoms with E-state index in [4.69, 9.17) is 4.42 Å². The number of hydrogen-bond donors (Lipinski definition) is 1. The van der Waals surface area contributed by atoms with Gasteiger partial charge in [0, 0.05) is 37.5 Å². The van der Waals surface area contributed by atoms with Crippen LogP contribution < -0.4 is 0 Å². The van der Waals surface area contributed by atoms with Crippen LogP contribution in [0.25, 0.3) is 11.4 Å². The summed E-state index contributed by atoms with van der Waals surface area (Å²) in [5.41, 5.74) is 0.955. The number of aromatic amines is 1. The van der Waals surface area contributed by atoms with E-state index in [-0.39, 0.29) is 5.91 Å². The normalized spacial score (nSPS) is 15.4. The number of H-pyrrole nitrogens is 1. The lowest BCUT2D eigenvalue weighted by Gasteiger charge is -2.31. The number of carbonyl (C=O) groups excluding carboxylic acids is 1. The predicted octanol–water partition coefficient (Wildman–Crippen LogP) is 2.55. The summed E-state index contributed by atoms with van der Waals surface area (Å²) in [7, 11) is 0. The van der Waals surface area contributed by atoms with Gasteiger partial charge in [-0.05, 0) is 43.0 Å². The zero-order chi connectivity index (χ0) is 17.1. The minimum Gasteiger partial charge on any atom is -0.459 e. The Morgan fingerprint density at radius 1 is 1.24 bits per heavy atom. The molecule has 1 saturated heterocycles. The fourth-order valence-corrected chi connectivity index (χ4v) is 3.19. The standard InChI is InChI=1S/C18H19N5O2/c24-18(15-2-1-11-25-15)23-9-5-13(6-10-23)12-16-20-17(22-21-16)14-3-7-19-8-4-14/h1-4,7-8,11,13H,5-6,9-10,12H2,(H,20,21,22). The van der Waals surface area contributed by atoms with Gasteiger partial charge in [0.1, 0.15) is 5.82 Å². The summed E-state index contributed by atoms with van der Waals surface area (Å²) in [5.74, 6) is 2.48. The van der Waals surface area contributed by atoms with Crippen molar-refractivity contribution in [3.8, 4) is 11.4 Å². The summed E-state index contributed by atoms with van der Waals surface area (Å²) in [4.78, 5) is 22.7. The van der Waals surface area contributed by atoms with Crippen molar-refractivity contribution in [2.45, 2.75) is 19.3 Å². The highest BCUT2D eigenvalue weighted by Gasteiger charge is 2.25. The van der Waals surface area contributed by atoms with Gasteiger partial charge in [-0.2, -0.15) is 5.10 Å². The van der Waals surface area contributed by atoms with Crippen LogP contribution in [0.2, 0.25) is 0 Å². The summed E-state index contributed by atoms with van der Waals surface area (Å²) in [6.07, 6.45) is 7.76. The van der Waals surface area contributed by atoms with Gasteiger partial charge in [0.25, 0.3) is 5.91 Å². The third-order valence-corrected chi connectivity index (χ3v) is 4.59. The Bertz CT molecular complexity index is 820. The van der Waals surface area contributed by atoms with E-state index in [1.807, 2.05) is 17.0 Å². The van der Waals surface area contributed by atoms with Gasteiger partial charge < -0.3 is 9.32 Å². The Balaban J connectivity index is 1.33. The van der Waals surface area contributed by atoms with Crippen LogP contribution in [-0.4, -0.2) is 44.1 Å². The van der Waals surface area contributed by atoms with E-state index in [2.05, 4.69) is 20.2 Å². The molecule has 0 radical (unpaired) electrons. The van der Waals surface area contributed by atoms with Crippen molar-refractivity contribution < 1.29 is 9.21 Å². The Morgan fingerprint density at radius 2 is 2.04 bits per heavy atom. The number of nitrogens with one attached hydrogen (secondary N) is 1. The number of rotatable bonds is 4. The van der Waals surface area contributed by atoms with Crippen LogP contribution in [0.1, 0.15) is 29.2 Å². The molecule has 1 N–H and O–H groups in total. The van der Waals surface area contributed by atoms with Crippen LogP contribution in [0, 0.1) is 5.92 Å². The molecule has 7 heteroatoms. The van der Waals surface area contributed by atoms with Gasteiger partial charge >= 0.3 is 0 Å². The van der Waals surface area contributed by atoms with E-state index in [1.165, 1.54) is 6.26 Å². The molecule has 0 aliphatic carbocycles.